The molecule has 0 bridgehead atoms. The van der Waals surface area contributed by atoms with Gasteiger partial charge in [-0.2, -0.15) is 0 Å². The van der Waals surface area contributed by atoms with Crippen molar-refractivity contribution in [2.45, 2.75) is 32.7 Å². The number of rotatable bonds is 3. The molecule has 3 aliphatic heterocycles. The summed E-state index contributed by atoms with van der Waals surface area (Å²) in [5.41, 5.74) is 1.40. The molecule has 27 heavy (non-hydrogen) atoms. The van der Waals surface area contributed by atoms with E-state index in [0.717, 1.165) is 76.6 Å². The highest BCUT2D eigenvalue weighted by atomic mass is 16.7. The van der Waals surface area contributed by atoms with Crippen LogP contribution >= 0.6 is 0 Å². The normalized spacial score (nSPS) is 29.1. The third-order valence-electron chi connectivity index (χ3n) is 7.27. The molecule has 2 saturated heterocycles. The molecule has 3 heterocycles. The number of amides is 1. The zero-order valence-corrected chi connectivity index (χ0v) is 16.1. The Bertz CT molecular complexity index is 738. The molecule has 6 nitrogen and oxygen atoms in total. The number of nitrogens with one attached hydrogen (secondary N) is 1. The number of nitrogens with zero attached hydrogens (tertiary/aromatic N) is 2. The van der Waals surface area contributed by atoms with Gasteiger partial charge in [0, 0.05) is 32.7 Å². The highest BCUT2D eigenvalue weighted by Gasteiger charge is 2.68. The predicted molar refractivity (Wildman–Crippen MR) is 102 cm³/mol. The SMILES string of the molecule is CC1(C(=O)N2CCN(Cc3ccc4c(c3)OCO4)CC2)CC12CCNCC2. The Hall–Kier alpha value is -1.79. The summed E-state index contributed by atoms with van der Waals surface area (Å²) in [5.74, 6) is 2.07. The van der Waals surface area contributed by atoms with Crippen LogP contribution in [0, 0.1) is 10.8 Å². The van der Waals surface area contributed by atoms with Crippen molar-refractivity contribution in [2.75, 3.05) is 46.1 Å². The summed E-state index contributed by atoms with van der Waals surface area (Å²) in [6.07, 6.45) is 3.39. The van der Waals surface area contributed by atoms with Crippen LogP contribution in [-0.4, -0.2) is 61.8 Å². The van der Waals surface area contributed by atoms with E-state index in [1.807, 2.05) is 6.07 Å². The average Bonchev–Trinajstić information content (AvgIpc) is 3.04. The minimum absolute atomic E-state index is 0.116. The lowest BCUT2D eigenvalue weighted by Crippen LogP contribution is -2.51. The third kappa shape index (κ3) is 2.90. The van der Waals surface area contributed by atoms with Crippen molar-refractivity contribution < 1.29 is 14.3 Å². The maximum absolute atomic E-state index is 13.2. The number of piperidine rings is 1. The van der Waals surface area contributed by atoms with E-state index in [1.165, 1.54) is 5.56 Å². The van der Waals surface area contributed by atoms with Gasteiger partial charge in [0.15, 0.2) is 11.5 Å². The number of hydrogen-bond donors (Lipinski definition) is 1. The summed E-state index contributed by atoms with van der Waals surface area (Å²) in [4.78, 5) is 17.8. The van der Waals surface area contributed by atoms with Crippen LogP contribution in [0.5, 0.6) is 11.5 Å². The van der Waals surface area contributed by atoms with Crippen molar-refractivity contribution in [3.8, 4) is 11.5 Å². The van der Waals surface area contributed by atoms with E-state index in [2.05, 4.69) is 34.2 Å². The fourth-order valence-corrected chi connectivity index (χ4v) is 5.32. The number of piperazine rings is 1. The highest BCUT2D eigenvalue weighted by molar-refractivity contribution is 5.87. The van der Waals surface area contributed by atoms with Crippen molar-refractivity contribution in [2.24, 2.45) is 10.8 Å². The minimum Gasteiger partial charge on any atom is -0.454 e. The molecule has 1 amide bonds. The first-order valence-corrected chi connectivity index (χ1v) is 10.2. The predicted octanol–water partition coefficient (Wildman–Crippen LogP) is 1.84. The lowest BCUT2D eigenvalue weighted by molar-refractivity contribution is -0.140. The number of benzene rings is 1. The summed E-state index contributed by atoms with van der Waals surface area (Å²) < 4.78 is 10.9. The monoisotopic (exact) mass is 371 g/mol. The second-order valence-electron chi connectivity index (χ2n) is 8.80. The second-order valence-corrected chi connectivity index (χ2v) is 8.80. The van der Waals surface area contributed by atoms with Crippen molar-refractivity contribution in [1.29, 1.82) is 0 Å². The van der Waals surface area contributed by atoms with E-state index in [1.54, 1.807) is 0 Å². The lowest BCUT2D eigenvalue weighted by Gasteiger charge is -2.37. The Morgan fingerprint density at radius 3 is 2.63 bits per heavy atom. The summed E-state index contributed by atoms with van der Waals surface area (Å²) in [7, 11) is 0. The molecule has 4 aliphatic rings. The molecule has 3 fully saturated rings. The van der Waals surface area contributed by atoms with E-state index in [-0.39, 0.29) is 10.8 Å². The Labute approximate surface area is 160 Å². The molecular formula is C21H29N3O3. The summed E-state index contributed by atoms with van der Waals surface area (Å²) in [5, 5.41) is 3.43. The first-order chi connectivity index (χ1) is 13.1. The van der Waals surface area contributed by atoms with E-state index < -0.39 is 0 Å². The van der Waals surface area contributed by atoms with Gasteiger partial charge in [-0.05, 0) is 55.5 Å². The molecule has 146 valence electrons. The van der Waals surface area contributed by atoms with Gasteiger partial charge in [-0.25, -0.2) is 0 Å². The first kappa shape index (κ1) is 17.3. The van der Waals surface area contributed by atoms with Gasteiger partial charge in [0.05, 0.1) is 5.41 Å². The quantitative estimate of drug-likeness (QED) is 0.879. The van der Waals surface area contributed by atoms with Gasteiger partial charge in [0.25, 0.3) is 0 Å². The number of carbonyl (C=O) groups excluding carboxylic acids is 1. The van der Waals surface area contributed by atoms with Crippen LogP contribution in [0.2, 0.25) is 0 Å². The molecule has 0 aromatic heterocycles. The Morgan fingerprint density at radius 2 is 1.85 bits per heavy atom. The van der Waals surface area contributed by atoms with Crippen LogP contribution in [0.25, 0.3) is 0 Å². The fourth-order valence-electron chi connectivity index (χ4n) is 5.32. The molecule has 1 aromatic rings. The molecule has 1 saturated carbocycles. The van der Waals surface area contributed by atoms with Crippen LogP contribution in [-0.2, 0) is 11.3 Å². The van der Waals surface area contributed by atoms with Gasteiger partial charge in [-0.3, -0.25) is 9.69 Å². The number of fused-ring (bicyclic) bond motifs is 1. The van der Waals surface area contributed by atoms with Crippen LogP contribution in [0.4, 0.5) is 0 Å². The van der Waals surface area contributed by atoms with Gasteiger partial charge in [-0.1, -0.05) is 13.0 Å². The third-order valence-corrected chi connectivity index (χ3v) is 7.27. The second kappa shape index (κ2) is 6.38. The first-order valence-electron chi connectivity index (χ1n) is 10.2. The van der Waals surface area contributed by atoms with Crippen molar-refractivity contribution in [1.82, 2.24) is 15.1 Å². The fraction of sp³-hybridized carbons (Fsp3) is 0.667. The smallest absolute Gasteiger partial charge is 0.231 e. The topological polar surface area (TPSA) is 54.0 Å². The van der Waals surface area contributed by atoms with Gasteiger partial charge >= 0.3 is 0 Å². The maximum atomic E-state index is 13.2. The average molecular weight is 371 g/mol. The molecular weight excluding hydrogens is 342 g/mol. The molecule has 6 heteroatoms. The number of ether oxygens (including phenoxy) is 2. The van der Waals surface area contributed by atoms with Gasteiger partial charge in [0.1, 0.15) is 0 Å². The van der Waals surface area contributed by atoms with Crippen molar-refractivity contribution in [3.63, 3.8) is 0 Å². The molecule has 0 radical (unpaired) electrons. The standard InChI is InChI=1S/C21H29N3O3/c1-20(14-21(20)4-6-22-7-5-21)19(25)24-10-8-23(9-11-24)13-16-2-3-17-18(12-16)27-15-26-17/h2-3,12,22H,4-11,13-15H2,1H3. The van der Waals surface area contributed by atoms with Crippen LogP contribution < -0.4 is 14.8 Å². The van der Waals surface area contributed by atoms with Crippen molar-refractivity contribution >= 4 is 5.91 Å². The van der Waals surface area contributed by atoms with Gasteiger partial charge in [-0.15, -0.1) is 0 Å². The van der Waals surface area contributed by atoms with Crippen LogP contribution in [0.3, 0.4) is 0 Å². The Morgan fingerprint density at radius 1 is 1.11 bits per heavy atom. The maximum Gasteiger partial charge on any atom is 0.231 e. The molecule has 1 unspecified atom stereocenters. The number of hydrogen-bond acceptors (Lipinski definition) is 5. The number of carbonyl (C=O) groups is 1. The molecule has 1 spiro atoms. The van der Waals surface area contributed by atoms with E-state index >= 15 is 0 Å². The Kier molecular flexibility index (Phi) is 4.09. The van der Waals surface area contributed by atoms with Gasteiger partial charge < -0.3 is 19.7 Å². The molecule has 1 N–H and O–H groups in total. The lowest BCUT2D eigenvalue weighted by atomic mass is 9.85. The largest absolute Gasteiger partial charge is 0.454 e. The highest BCUT2D eigenvalue weighted by Crippen LogP contribution is 2.69. The summed E-state index contributed by atoms with van der Waals surface area (Å²) in [6.45, 7) is 9.09. The van der Waals surface area contributed by atoms with Crippen molar-refractivity contribution in [3.05, 3.63) is 23.8 Å². The van der Waals surface area contributed by atoms with Crippen LogP contribution in [0.1, 0.15) is 31.7 Å². The van der Waals surface area contributed by atoms with E-state index in [9.17, 15) is 4.79 Å². The minimum atomic E-state index is -0.116. The Balaban J connectivity index is 1.17. The zero-order chi connectivity index (χ0) is 18.5. The molecule has 1 aliphatic carbocycles. The van der Waals surface area contributed by atoms with E-state index in [0.29, 0.717) is 12.7 Å². The van der Waals surface area contributed by atoms with Gasteiger partial charge in [0.2, 0.25) is 12.7 Å². The molecule has 1 atom stereocenters. The summed E-state index contributed by atoms with van der Waals surface area (Å²) in [6, 6.07) is 6.17. The summed E-state index contributed by atoms with van der Waals surface area (Å²) >= 11 is 0. The molecule has 5 rings (SSSR count). The zero-order valence-electron chi connectivity index (χ0n) is 16.1. The van der Waals surface area contributed by atoms with E-state index in [4.69, 9.17) is 9.47 Å². The van der Waals surface area contributed by atoms with Crippen LogP contribution in [0.15, 0.2) is 18.2 Å². The molecule has 1 aromatic carbocycles.